The number of hydrogen-bond donors (Lipinski definition) is 2. The lowest BCUT2D eigenvalue weighted by Gasteiger charge is -2.28. The number of anilines is 1. The number of carbonyl (C=O) groups excluding carboxylic acids is 2. The van der Waals surface area contributed by atoms with Crippen LogP contribution in [0.15, 0.2) is 89.8 Å². The number of carbonyl (C=O) groups is 2. The molecule has 0 aliphatic rings. The summed E-state index contributed by atoms with van der Waals surface area (Å²) in [4.78, 5) is 26.2. The van der Waals surface area contributed by atoms with Crippen molar-refractivity contribution in [3.8, 4) is 0 Å². The van der Waals surface area contributed by atoms with E-state index in [1.807, 2.05) is 0 Å². The first-order valence-corrected chi connectivity index (χ1v) is 14.8. The van der Waals surface area contributed by atoms with E-state index in [1.54, 1.807) is 60.7 Å². The summed E-state index contributed by atoms with van der Waals surface area (Å²) in [6, 6.07) is 21.6. The number of aliphatic hydroxyl groups is 2. The highest BCUT2D eigenvalue weighted by Crippen LogP contribution is 2.37. The maximum atomic E-state index is 16.2. The average molecular weight is 625 g/mol. The topological polar surface area (TPSA) is 124 Å². The highest BCUT2D eigenvalue weighted by Gasteiger charge is 2.36. The van der Waals surface area contributed by atoms with Crippen LogP contribution in [0.2, 0.25) is 0 Å². The van der Waals surface area contributed by atoms with Crippen LogP contribution in [-0.2, 0) is 41.1 Å². The molecule has 4 aromatic carbocycles. The summed E-state index contributed by atoms with van der Waals surface area (Å²) in [5, 5.41) is 20.1. The number of rotatable bonds is 11. The molecule has 0 spiro atoms. The Morgan fingerprint density at radius 3 is 1.86 bits per heavy atom. The molecule has 44 heavy (non-hydrogen) atoms. The number of ether oxygens (including phenoxy) is 1. The molecule has 2 N–H and O–H groups in total. The van der Waals surface area contributed by atoms with Crippen LogP contribution < -0.4 is 4.31 Å². The SMILES string of the molecule is CN(C)C(=O)c1c(CO)c(F)c(N(Cc2ccccc2)S(=O)(=O)c2cccc(C(=O)OCc3ccccc3)c2)c(F)c1CO. The Morgan fingerprint density at radius 2 is 1.34 bits per heavy atom. The van der Waals surface area contributed by atoms with Gasteiger partial charge in [0, 0.05) is 25.2 Å². The molecule has 0 aromatic heterocycles. The third-order valence-electron chi connectivity index (χ3n) is 6.77. The molecule has 9 nitrogen and oxygen atoms in total. The highest BCUT2D eigenvalue weighted by molar-refractivity contribution is 7.92. The van der Waals surface area contributed by atoms with Crippen LogP contribution in [0.1, 0.15) is 43.0 Å². The standard InChI is InChI=1S/C32H30F2N2O7S/c1-35(2)31(39)27-25(18-37)28(33)30(29(34)26(27)19-38)36(17-21-10-5-3-6-11-21)44(41,42)24-15-9-14-23(16-24)32(40)43-20-22-12-7-4-8-13-22/h3-16,37-38H,17-20H2,1-2H3. The van der Waals surface area contributed by atoms with Gasteiger partial charge >= 0.3 is 5.97 Å². The quantitative estimate of drug-likeness (QED) is 0.237. The van der Waals surface area contributed by atoms with Crippen molar-refractivity contribution in [2.24, 2.45) is 0 Å². The third-order valence-corrected chi connectivity index (χ3v) is 8.52. The number of nitrogens with zero attached hydrogens (tertiary/aromatic N) is 2. The maximum absolute atomic E-state index is 16.2. The van der Waals surface area contributed by atoms with E-state index in [2.05, 4.69) is 0 Å². The number of benzene rings is 4. The average Bonchev–Trinajstić information content (AvgIpc) is 3.03. The summed E-state index contributed by atoms with van der Waals surface area (Å²) in [6.45, 7) is -2.83. The first kappa shape index (κ1) is 32.3. The Hall–Kier alpha value is -4.65. The summed E-state index contributed by atoms with van der Waals surface area (Å²) in [5.41, 5.74) is -2.15. The lowest BCUT2D eigenvalue weighted by atomic mass is 9.97. The number of aliphatic hydroxyl groups excluding tert-OH is 2. The zero-order valence-corrected chi connectivity index (χ0v) is 24.7. The van der Waals surface area contributed by atoms with Gasteiger partial charge in [0.1, 0.15) is 12.3 Å². The van der Waals surface area contributed by atoms with Gasteiger partial charge in [0.05, 0.1) is 35.8 Å². The number of hydrogen-bond acceptors (Lipinski definition) is 7. The Balaban J connectivity index is 1.86. The number of halogens is 2. The van der Waals surface area contributed by atoms with Gasteiger partial charge in [-0.1, -0.05) is 66.7 Å². The number of esters is 1. The van der Waals surface area contributed by atoms with Gasteiger partial charge in [-0.15, -0.1) is 0 Å². The second-order valence-electron chi connectivity index (χ2n) is 9.91. The monoisotopic (exact) mass is 624 g/mol. The Labute approximate surface area is 253 Å². The van der Waals surface area contributed by atoms with Gasteiger partial charge in [-0.05, 0) is 29.3 Å². The van der Waals surface area contributed by atoms with Crippen molar-refractivity contribution in [3.05, 3.63) is 130 Å². The van der Waals surface area contributed by atoms with Crippen LogP contribution in [0, 0.1) is 11.6 Å². The van der Waals surface area contributed by atoms with E-state index in [0.717, 1.165) is 17.0 Å². The number of sulfonamides is 1. The lowest BCUT2D eigenvalue weighted by Crippen LogP contribution is -2.34. The molecule has 0 atom stereocenters. The largest absolute Gasteiger partial charge is 0.457 e. The fourth-order valence-corrected chi connectivity index (χ4v) is 6.03. The fraction of sp³-hybridized carbons (Fsp3) is 0.188. The Kier molecular flexibility index (Phi) is 10.1. The van der Waals surface area contributed by atoms with Crippen LogP contribution >= 0.6 is 0 Å². The van der Waals surface area contributed by atoms with Gasteiger partial charge in [0.15, 0.2) is 11.6 Å². The lowest BCUT2D eigenvalue weighted by molar-refractivity contribution is 0.0472. The van der Waals surface area contributed by atoms with Gasteiger partial charge in [-0.2, -0.15) is 0 Å². The predicted octanol–water partition coefficient (Wildman–Crippen LogP) is 4.40. The normalized spacial score (nSPS) is 11.2. The second-order valence-corrected chi connectivity index (χ2v) is 11.8. The zero-order chi connectivity index (χ0) is 32.0. The molecule has 0 aliphatic carbocycles. The molecular formula is C32H30F2N2O7S. The smallest absolute Gasteiger partial charge is 0.338 e. The fourth-order valence-electron chi connectivity index (χ4n) is 4.53. The van der Waals surface area contributed by atoms with Gasteiger partial charge in [0.2, 0.25) is 0 Å². The Bertz CT molecular complexity index is 1740. The molecule has 0 unspecified atom stereocenters. The minimum Gasteiger partial charge on any atom is -0.457 e. The van der Waals surface area contributed by atoms with Crippen molar-refractivity contribution in [2.75, 3.05) is 18.4 Å². The van der Waals surface area contributed by atoms with Crippen molar-refractivity contribution < 1.29 is 41.7 Å². The molecule has 0 radical (unpaired) electrons. The van der Waals surface area contributed by atoms with E-state index in [9.17, 15) is 28.2 Å². The van der Waals surface area contributed by atoms with E-state index in [-0.39, 0.29) is 12.2 Å². The van der Waals surface area contributed by atoms with Gasteiger partial charge in [0.25, 0.3) is 15.9 Å². The van der Waals surface area contributed by atoms with E-state index in [1.165, 1.54) is 26.2 Å². The van der Waals surface area contributed by atoms with Crippen molar-refractivity contribution in [1.82, 2.24) is 4.90 Å². The molecule has 230 valence electrons. The minimum atomic E-state index is -4.83. The molecule has 0 aliphatic heterocycles. The maximum Gasteiger partial charge on any atom is 0.338 e. The molecule has 4 aromatic rings. The second kappa shape index (κ2) is 13.8. The molecule has 0 bridgehead atoms. The summed E-state index contributed by atoms with van der Waals surface area (Å²) in [5.74, 6) is -4.72. The van der Waals surface area contributed by atoms with E-state index in [0.29, 0.717) is 15.4 Å². The summed E-state index contributed by atoms with van der Waals surface area (Å²) in [6.07, 6.45) is 0. The molecule has 0 saturated heterocycles. The van der Waals surface area contributed by atoms with Crippen LogP contribution in [0.5, 0.6) is 0 Å². The van der Waals surface area contributed by atoms with E-state index in [4.69, 9.17) is 4.74 Å². The van der Waals surface area contributed by atoms with E-state index < -0.39 is 80.6 Å². The first-order chi connectivity index (χ1) is 21.0. The third kappa shape index (κ3) is 6.62. The van der Waals surface area contributed by atoms with Crippen LogP contribution in [0.3, 0.4) is 0 Å². The van der Waals surface area contributed by atoms with Crippen molar-refractivity contribution in [3.63, 3.8) is 0 Å². The Morgan fingerprint density at radius 1 is 0.795 bits per heavy atom. The van der Waals surface area contributed by atoms with Crippen LogP contribution in [0.4, 0.5) is 14.5 Å². The van der Waals surface area contributed by atoms with Gasteiger partial charge < -0.3 is 19.8 Å². The summed E-state index contributed by atoms with van der Waals surface area (Å²) < 4.78 is 66.4. The predicted molar refractivity (Wildman–Crippen MR) is 158 cm³/mol. The van der Waals surface area contributed by atoms with Crippen molar-refractivity contribution >= 4 is 27.6 Å². The van der Waals surface area contributed by atoms with Crippen molar-refractivity contribution in [1.29, 1.82) is 0 Å². The van der Waals surface area contributed by atoms with Crippen LogP contribution in [-0.4, -0.2) is 49.5 Å². The minimum absolute atomic E-state index is 0.0703. The molecule has 4 rings (SSSR count). The molecule has 0 fully saturated rings. The van der Waals surface area contributed by atoms with Crippen LogP contribution in [0.25, 0.3) is 0 Å². The molecular weight excluding hydrogens is 594 g/mol. The molecule has 0 heterocycles. The molecule has 12 heteroatoms. The summed E-state index contributed by atoms with van der Waals surface area (Å²) >= 11 is 0. The van der Waals surface area contributed by atoms with Crippen molar-refractivity contribution in [2.45, 2.75) is 31.3 Å². The highest BCUT2D eigenvalue weighted by atomic mass is 32.2. The van der Waals surface area contributed by atoms with Gasteiger partial charge in [-0.3, -0.25) is 9.10 Å². The molecule has 1 amide bonds. The summed E-state index contributed by atoms with van der Waals surface area (Å²) in [7, 11) is -2.20. The van der Waals surface area contributed by atoms with Gasteiger partial charge in [-0.25, -0.2) is 22.0 Å². The number of amides is 1. The zero-order valence-electron chi connectivity index (χ0n) is 23.9. The molecule has 0 saturated carbocycles. The van der Waals surface area contributed by atoms with E-state index >= 15 is 8.78 Å². The first-order valence-electron chi connectivity index (χ1n) is 13.3.